The van der Waals surface area contributed by atoms with Crippen molar-refractivity contribution in [2.24, 2.45) is 10.2 Å². The average molecular weight is 467 g/mol. The van der Waals surface area contributed by atoms with Crippen molar-refractivity contribution in [3.63, 3.8) is 0 Å². The minimum atomic E-state index is -4.94. The molecule has 0 amide bonds. The molecule has 0 aromatic heterocycles. The molecule has 0 aliphatic heterocycles. The van der Waals surface area contributed by atoms with E-state index >= 15 is 0 Å². The number of hydrogen-bond donors (Lipinski definition) is 5. The Morgan fingerprint density at radius 3 is 2.10 bits per heavy atom. The molecule has 3 aromatic rings. The van der Waals surface area contributed by atoms with Crippen molar-refractivity contribution < 1.29 is 36.2 Å². The number of anilines is 1. The van der Waals surface area contributed by atoms with Crippen LogP contribution in [0.25, 0.3) is 10.8 Å². The van der Waals surface area contributed by atoms with E-state index in [9.17, 15) is 36.2 Å². The van der Waals surface area contributed by atoms with Gasteiger partial charge in [0.25, 0.3) is 20.2 Å². The van der Waals surface area contributed by atoms with Crippen molar-refractivity contribution in [2.45, 2.75) is 16.7 Å². The van der Waals surface area contributed by atoms with Crippen LogP contribution in [0, 0.1) is 0 Å². The highest BCUT2D eigenvalue weighted by molar-refractivity contribution is 7.86. The summed E-state index contributed by atoms with van der Waals surface area (Å²) in [5.41, 5.74) is 0.447. The van der Waals surface area contributed by atoms with Gasteiger partial charge in [0.05, 0.1) is 16.0 Å². The van der Waals surface area contributed by atoms with Crippen LogP contribution >= 0.6 is 0 Å². The number of azo groups is 1. The first-order chi connectivity index (χ1) is 14.4. The van der Waals surface area contributed by atoms with Crippen molar-refractivity contribution in [3.8, 4) is 11.5 Å². The molecule has 3 aromatic carbocycles. The van der Waals surface area contributed by atoms with E-state index in [4.69, 9.17) is 0 Å². The second kappa shape index (κ2) is 8.11. The molecule has 11 nitrogen and oxygen atoms in total. The number of nitrogens with one attached hydrogen (secondary N) is 1. The van der Waals surface area contributed by atoms with Crippen LogP contribution in [0.5, 0.6) is 11.5 Å². The van der Waals surface area contributed by atoms with Gasteiger partial charge < -0.3 is 15.5 Å². The third-order valence-electron chi connectivity index (χ3n) is 4.19. The molecule has 0 spiro atoms. The lowest BCUT2D eigenvalue weighted by Crippen LogP contribution is -2.01. The lowest BCUT2D eigenvalue weighted by molar-refractivity contribution is 0.457. The number of rotatable bonds is 6. The summed E-state index contributed by atoms with van der Waals surface area (Å²) in [6.07, 6.45) is 0. The molecule has 164 valence electrons. The van der Waals surface area contributed by atoms with E-state index < -0.39 is 47.2 Å². The summed E-state index contributed by atoms with van der Waals surface area (Å²) < 4.78 is 65.2. The normalized spacial score (nSPS) is 12.5. The molecule has 5 N–H and O–H groups in total. The van der Waals surface area contributed by atoms with Gasteiger partial charge >= 0.3 is 0 Å². The fourth-order valence-electron chi connectivity index (χ4n) is 2.84. The van der Waals surface area contributed by atoms with E-state index in [1.54, 1.807) is 24.3 Å². The number of phenols is 2. The lowest BCUT2D eigenvalue weighted by Gasteiger charge is -2.11. The number of benzene rings is 3. The standard InChI is InChI=1S/C18H17N3O8S2/c1-2-19-11-3-5-12(6-4-11)20-21-17-15(31(27,28)29)8-10-7-13(30(24,25)26)9-14(22)16(10)18(17)23/h3-9,19,22-23H,2H2,1H3,(H,24,25,26)(H,27,28,29). The van der Waals surface area contributed by atoms with Crippen LogP contribution in [-0.2, 0) is 20.2 Å². The molecule has 0 fully saturated rings. The topological polar surface area (TPSA) is 186 Å². The van der Waals surface area contributed by atoms with Crippen LogP contribution in [0.4, 0.5) is 17.1 Å². The summed E-state index contributed by atoms with van der Waals surface area (Å²) >= 11 is 0. The molecule has 31 heavy (non-hydrogen) atoms. The number of fused-ring (bicyclic) bond motifs is 1. The third kappa shape index (κ3) is 4.74. The Bertz CT molecular complexity index is 1400. The molecule has 13 heteroatoms. The maximum atomic E-state index is 11.8. The van der Waals surface area contributed by atoms with Crippen LogP contribution in [0.1, 0.15) is 6.92 Å². The van der Waals surface area contributed by atoms with Crippen LogP contribution in [0.2, 0.25) is 0 Å². The maximum Gasteiger partial charge on any atom is 0.296 e. The maximum absolute atomic E-state index is 11.8. The van der Waals surface area contributed by atoms with Gasteiger partial charge in [-0.2, -0.15) is 21.9 Å². The van der Waals surface area contributed by atoms with Crippen LogP contribution < -0.4 is 5.32 Å². The molecule has 0 radical (unpaired) electrons. The molecule has 0 bridgehead atoms. The summed E-state index contributed by atoms with van der Waals surface area (Å²) in [5, 5.41) is 30.7. The quantitative estimate of drug-likeness (QED) is 0.267. The van der Waals surface area contributed by atoms with Gasteiger partial charge in [-0.05, 0) is 48.7 Å². The Balaban J connectivity index is 2.22. The Hall–Kier alpha value is -3.26. The van der Waals surface area contributed by atoms with Crippen molar-refractivity contribution in [1.29, 1.82) is 0 Å². The van der Waals surface area contributed by atoms with Crippen molar-refractivity contribution >= 4 is 48.1 Å². The molecule has 0 saturated heterocycles. The SMILES string of the molecule is CCNc1ccc(N=Nc2c(S(=O)(=O)O)cc3cc(S(=O)(=O)O)cc(O)c3c2O)cc1. The minimum absolute atomic E-state index is 0.285. The smallest absolute Gasteiger partial charge is 0.296 e. The lowest BCUT2D eigenvalue weighted by atomic mass is 10.1. The fraction of sp³-hybridized carbons (Fsp3) is 0.111. The molecule has 0 aliphatic carbocycles. The Morgan fingerprint density at radius 2 is 1.55 bits per heavy atom. The molecule has 0 heterocycles. The second-order valence-electron chi connectivity index (χ2n) is 6.34. The monoisotopic (exact) mass is 467 g/mol. The highest BCUT2D eigenvalue weighted by Crippen LogP contribution is 2.45. The van der Waals surface area contributed by atoms with Crippen molar-refractivity contribution in [2.75, 3.05) is 11.9 Å². The van der Waals surface area contributed by atoms with Gasteiger partial charge in [-0.3, -0.25) is 9.11 Å². The van der Waals surface area contributed by atoms with Gasteiger partial charge in [0.2, 0.25) is 0 Å². The Labute approximate surface area is 177 Å². The van der Waals surface area contributed by atoms with Crippen molar-refractivity contribution in [1.82, 2.24) is 0 Å². The predicted molar refractivity (Wildman–Crippen MR) is 112 cm³/mol. The largest absolute Gasteiger partial charge is 0.507 e. The van der Waals surface area contributed by atoms with Crippen LogP contribution in [-0.4, -0.2) is 42.7 Å². The third-order valence-corrected chi connectivity index (χ3v) is 5.89. The first kappa shape index (κ1) is 22.4. The molecule has 0 aliphatic rings. The van der Waals surface area contributed by atoms with Gasteiger partial charge in [0.15, 0.2) is 5.75 Å². The van der Waals surface area contributed by atoms with Crippen molar-refractivity contribution in [3.05, 3.63) is 42.5 Å². The average Bonchev–Trinajstić information content (AvgIpc) is 2.66. The van der Waals surface area contributed by atoms with E-state index in [2.05, 4.69) is 15.5 Å². The molecule has 0 atom stereocenters. The molecule has 0 saturated carbocycles. The zero-order valence-corrected chi connectivity index (χ0v) is 17.5. The predicted octanol–water partition coefficient (Wildman–Crippen LogP) is 3.59. The summed E-state index contributed by atoms with van der Waals surface area (Å²) in [4.78, 5) is -1.62. The molecule has 0 unspecified atom stereocenters. The highest BCUT2D eigenvalue weighted by atomic mass is 32.2. The number of hydrogen-bond acceptors (Lipinski definition) is 9. The summed E-state index contributed by atoms with van der Waals surface area (Å²) in [6, 6.07) is 8.82. The Morgan fingerprint density at radius 1 is 0.903 bits per heavy atom. The van der Waals surface area contributed by atoms with Gasteiger partial charge in [0, 0.05) is 18.3 Å². The van der Waals surface area contributed by atoms with Gasteiger partial charge in [-0.25, -0.2) is 0 Å². The number of aromatic hydroxyl groups is 2. The highest BCUT2D eigenvalue weighted by Gasteiger charge is 2.25. The molecule has 3 rings (SSSR count). The summed E-state index contributed by atoms with van der Waals surface area (Å²) in [7, 11) is -9.69. The molecular weight excluding hydrogens is 450 g/mol. The second-order valence-corrected chi connectivity index (χ2v) is 9.15. The van der Waals surface area contributed by atoms with E-state index in [1.807, 2.05) is 6.92 Å². The van der Waals surface area contributed by atoms with E-state index in [0.29, 0.717) is 18.3 Å². The number of phenolic OH excluding ortho intramolecular Hbond substituents is 2. The summed E-state index contributed by atoms with van der Waals surface area (Å²) in [5.74, 6) is -1.63. The molecular formula is C18H17N3O8S2. The van der Waals surface area contributed by atoms with Gasteiger partial charge in [-0.15, -0.1) is 5.11 Å². The first-order valence-electron chi connectivity index (χ1n) is 8.65. The first-order valence-corrected chi connectivity index (χ1v) is 11.5. The zero-order valence-electron chi connectivity index (χ0n) is 15.9. The van der Waals surface area contributed by atoms with E-state index in [1.165, 1.54) is 0 Å². The number of nitrogens with zero attached hydrogens (tertiary/aromatic N) is 2. The fourth-order valence-corrected chi connectivity index (χ4v) is 4.03. The summed E-state index contributed by atoms with van der Waals surface area (Å²) in [6.45, 7) is 2.62. The van der Waals surface area contributed by atoms with Crippen LogP contribution in [0.15, 0.2) is 62.5 Å². The van der Waals surface area contributed by atoms with Gasteiger partial charge in [0.1, 0.15) is 16.3 Å². The minimum Gasteiger partial charge on any atom is -0.507 e. The zero-order chi connectivity index (χ0) is 23.0. The Kier molecular flexibility index (Phi) is 5.87. The van der Waals surface area contributed by atoms with E-state index in [0.717, 1.165) is 17.8 Å². The van der Waals surface area contributed by atoms with Crippen LogP contribution in [0.3, 0.4) is 0 Å². The van der Waals surface area contributed by atoms with Gasteiger partial charge in [-0.1, -0.05) is 0 Å². The van der Waals surface area contributed by atoms with E-state index in [-0.39, 0.29) is 10.8 Å².